The van der Waals surface area contributed by atoms with Gasteiger partial charge in [0.15, 0.2) is 0 Å². The van der Waals surface area contributed by atoms with E-state index >= 15 is 0 Å². The number of aliphatic hydroxyl groups is 2. The number of aliphatic hydroxyl groups excluding tert-OH is 2. The molecule has 0 radical (unpaired) electrons. The highest BCUT2D eigenvalue weighted by atomic mass is 32.1. The molecule has 2 unspecified atom stereocenters. The van der Waals surface area contributed by atoms with Crippen LogP contribution in [-0.4, -0.2) is 63.8 Å². The SMILES string of the molecule is CC1=NN(c2ccc(C(F)(F)F)cc2)C(=O)/C1=C(/C)NNC(=O)c1ccc(C(=O)N2CC(O)C(O)C2)s1. The fraction of sp³-hybridized carbons (Fsp3) is 0.304. The second kappa shape index (κ2) is 9.95. The summed E-state index contributed by atoms with van der Waals surface area (Å²) in [6.07, 6.45) is -6.55. The lowest BCUT2D eigenvalue weighted by molar-refractivity contribution is -0.137. The van der Waals surface area contributed by atoms with Crippen LogP contribution in [0.4, 0.5) is 18.9 Å². The lowest BCUT2D eigenvalue weighted by Gasteiger charge is -2.14. The van der Waals surface area contributed by atoms with Crippen molar-refractivity contribution in [3.05, 3.63) is 63.0 Å². The van der Waals surface area contributed by atoms with E-state index in [2.05, 4.69) is 16.0 Å². The van der Waals surface area contributed by atoms with Gasteiger partial charge in [0.2, 0.25) is 0 Å². The number of anilines is 1. The lowest BCUT2D eigenvalue weighted by atomic mass is 10.1. The molecular weight excluding hydrogens is 515 g/mol. The summed E-state index contributed by atoms with van der Waals surface area (Å²) < 4.78 is 38.5. The molecule has 1 aromatic heterocycles. The van der Waals surface area contributed by atoms with E-state index in [1.807, 2.05) is 0 Å². The number of carbonyl (C=O) groups excluding carboxylic acids is 3. The van der Waals surface area contributed by atoms with Crippen LogP contribution in [0.3, 0.4) is 0 Å². The number of hydrogen-bond acceptors (Lipinski definition) is 8. The number of benzene rings is 1. The average Bonchev–Trinajstić information content (AvgIpc) is 3.54. The Kier molecular flexibility index (Phi) is 7.08. The first kappa shape index (κ1) is 26.3. The third-order valence-electron chi connectivity index (χ3n) is 5.78. The summed E-state index contributed by atoms with van der Waals surface area (Å²) in [5, 5.41) is 24.4. The zero-order valence-electron chi connectivity index (χ0n) is 19.5. The number of carbonyl (C=O) groups is 3. The van der Waals surface area contributed by atoms with Gasteiger partial charge in [0, 0.05) is 18.8 Å². The van der Waals surface area contributed by atoms with Gasteiger partial charge < -0.3 is 20.5 Å². The summed E-state index contributed by atoms with van der Waals surface area (Å²) in [6, 6.07) is 6.90. The van der Waals surface area contributed by atoms with Crippen molar-refractivity contribution in [1.82, 2.24) is 15.8 Å². The average molecular weight is 538 g/mol. The minimum Gasteiger partial charge on any atom is -0.388 e. The molecule has 10 nitrogen and oxygen atoms in total. The van der Waals surface area contributed by atoms with Crippen molar-refractivity contribution >= 4 is 40.5 Å². The number of alkyl halides is 3. The second-order valence-corrected chi connectivity index (χ2v) is 9.52. The van der Waals surface area contributed by atoms with E-state index in [1.165, 1.54) is 24.0 Å². The number of likely N-dealkylation sites (tertiary alicyclic amines) is 1. The maximum Gasteiger partial charge on any atom is 0.416 e. The van der Waals surface area contributed by atoms with Crippen LogP contribution in [0, 0.1) is 0 Å². The van der Waals surface area contributed by atoms with Crippen LogP contribution in [0.1, 0.15) is 38.8 Å². The molecule has 2 aliphatic rings. The van der Waals surface area contributed by atoms with Gasteiger partial charge in [-0.05, 0) is 50.2 Å². The number of nitrogens with one attached hydrogen (secondary N) is 2. The van der Waals surface area contributed by atoms with E-state index in [-0.39, 0.29) is 39.8 Å². The fourth-order valence-electron chi connectivity index (χ4n) is 3.85. The predicted molar refractivity (Wildman–Crippen MR) is 128 cm³/mol. The summed E-state index contributed by atoms with van der Waals surface area (Å²) >= 11 is 0.922. The number of nitrogens with zero attached hydrogens (tertiary/aromatic N) is 3. The Balaban J connectivity index is 1.40. The minimum absolute atomic E-state index is 0.00776. The molecule has 0 bridgehead atoms. The predicted octanol–water partition coefficient (Wildman–Crippen LogP) is 1.88. The first-order valence-electron chi connectivity index (χ1n) is 11.0. The van der Waals surface area contributed by atoms with Gasteiger partial charge in [-0.3, -0.25) is 19.8 Å². The Morgan fingerprint density at radius 2 is 1.62 bits per heavy atom. The second-order valence-electron chi connectivity index (χ2n) is 8.43. The number of hydrazone groups is 1. The molecule has 2 aliphatic heterocycles. The number of amides is 3. The van der Waals surface area contributed by atoms with Gasteiger partial charge in [0.05, 0.1) is 44.5 Å². The first-order valence-corrected chi connectivity index (χ1v) is 11.8. The minimum atomic E-state index is -4.51. The third-order valence-corrected chi connectivity index (χ3v) is 6.85. The molecule has 1 aromatic carbocycles. The smallest absolute Gasteiger partial charge is 0.388 e. The molecule has 3 amide bonds. The molecule has 14 heteroatoms. The Hall–Kier alpha value is -3.75. The topological polar surface area (TPSA) is 135 Å². The Morgan fingerprint density at radius 3 is 2.22 bits per heavy atom. The number of β-amino-alcohol motifs (C(OH)–C–C–N with tert-alkyl or cyclic N) is 2. The van der Waals surface area contributed by atoms with E-state index < -0.39 is 41.7 Å². The van der Waals surface area contributed by atoms with Gasteiger partial charge >= 0.3 is 6.18 Å². The van der Waals surface area contributed by atoms with E-state index in [0.29, 0.717) is 5.71 Å². The van der Waals surface area contributed by atoms with E-state index in [1.54, 1.807) is 6.92 Å². The molecule has 2 aromatic rings. The van der Waals surface area contributed by atoms with Gasteiger partial charge in [-0.25, -0.2) is 0 Å². The highest BCUT2D eigenvalue weighted by Crippen LogP contribution is 2.32. The highest BCUT2D eigenvalue weighted by Gasteiger charge is 2.35. The zero-order chi connectivity index (χ0) is 27.1. The maximum atomic E-state index is 12.9. The molecular formula is C23H22F3N5O5S. The van der Waals surface area contributed by atoms with Crippen LogP contribution in [-0.2, 0) is 11.0 Å². The van der Waals surface area contributed by atoms with Crippen LogP contribution in [0.15, 0.2) is 52.8 Å². The van der Waals surface area contributed by atoms with Crippen LogP contribution < -0.4 is 15.9 Å². The van der Waals surface area contributed by atoms with Gasteiger partial charge in [0.1, 0.15) is 0 Å². The molecule has 196 valence electrons. The Morgan fingerprint density at radius 1 is 1.03 bits per heavy atom. The summed E-state index contributed by atoms with van der Waals surface area (Å²) in [7, 11) is 0. The van der Waals surface area contributed by atoms with Crippen molar-refractivity contribution in [3.8, 4) is 0 Å². The van der Waals surface area contributed by atoms with Crippen LogP contribution >= 0.6 is 11.3 Å². The van der Waals surface area contributed by atoms with Crippen molar-refractivity contribution in [2.45, 2.75) is 32.2 Å². The van der Waals surface area contributed by atoms with Crippen LogP contribution in [0.25, 0.3) is 0 Å². The van der Waals surface area contributed by atoms with Crippen molar-refractivity contribution < 1.29 is 37.8 Å². The first-order chi connectivity index (χ1) is 17.4. The molecule has 0 aliphatic carbocycles. The van der Waals surface area contributed by atoms with Gasteiger partial charge in [-0.15, -0.1) is 11.3 Å². The highest BCUT2D eigenvalue weighted by molar-refractivity contribution is 7.15. The quantitative estimate of drug-likeness (QED) is 0.340. The molecule has 1 fully saturated rings. The molecule has 37 heavy (non-hydrogen) atoms. The largest absolute Gasteiger partial charge is 0.416 e. The van der Waals surface area contributed by atoms with Crippen LogP contribution in [0.2, 0.25) is 0 Å². The summed E-state index contributed by atoms with van der Waals surface area (Å²) in [4.78, 5) is 39.8. The standard InChI is InChI=1S/C23H22F3N5O5S/c1-11(19-12(2)29-31(22(19)36)14-5-3-13(4-6-14)23(24,25)26)27-28-20(34)17-7-8-18(37-17)21(35)30-9-15(32)16(33)10-30/h3-8,15-16,27,32-33H,9-10H2,1-2H3,(H,28,34)/b19-11-. The van der Waals surface area contributed by atoms with E-state index in [0.717, 1.165) is 40.6 Å². The molecule has 0 spiro atoms. The normalized spacial score (nSPS) is 21.3. The molecule has 0 saturated carbocycles. The summed E-state index contributed by atoms with van der Waals surface area (Å²) in [5.41, 5.74) is 5.05. The molecule has 4 N–H and O–H groups in total. The number of thiophene rings is 1. The van der Waals surface area contributed by atoms with Gasteiger partial charge in [-0.2, -0.15) is 23.3 Å². The number of hydrogen-bond donors (Lipinski definition) is 4. The molecule has 1 saturated heterocycles. The van der Waals surface area contributed by atoms with Crippen molar-refractivity contribution in [1.29, 1.82) is 0 Å². The van der Waals surface area contributed by atoms with Crippen LogP contribution in [0.5, 0.6) is 0 Å². The fourth-order valence-corrected chi connectivity index (χ4v) is 4.71. The Bertz CT molecular complexity index is 1290. The molecule has 2 atom stereocenters. The molecule has 4 rings (SSSR count). The summed E-state index contributed by atoms with van der Waals surface area (Å²) in [6.45, 7) is 3.06. The third kappa shape index (κ3) is 5.35. The number of rotatable bonds is 5. The van der Waals surface area contributed by atoms with Crippen molar-refractivity contribution in [2.75, 3.05) is 18.1 Å². The van der Waals surface area contributed by atoms with E-state index in [4.69, 9.17) is 0 Å². The maximum absolute atomic E-state index is 12.9. The van der Waals surface area contributed by atoms with Gasteiger partial charge in [-0.1, -0.05) is 0 Å². The number of halogens is 3. The summed E-state index contributed by atoms with van der Waals surface area (Å²) in [5.74, 6) is -1.58. The van der Waals surface area contributed by atoms with Gasteiger partial charge in [0.25, 0.3) is 17.7 Å². The van der Waals surface area contributed by atoms with Crippen molar-refractivity contribution in [3.63, 3.8) is 0 Å². The monoisotopic (exact) mass is 537 g/mol. The van der Waals surface area contributed by atoms with Crippen molar-refractivity contribution in [2.24, 2.45) is 5.10 Å². The lowest BCUT2D eigenvalue weighted by Crippen LogP contribution is -2.37. The number of allylic oxidation sites excluding steroid dienone is 1. The number of hydrazine groups is 1. The van der Waals surface area contributed by atoms with E-state index in [9.17, 15) is 37.8 Å². The zero-order valence-corrected chi connectivity index (χ0v) is 20.4. The Labute approximate surface area is 212 Å². The molecule has 3 heterocycles.